The van der Waals surface area contributed by atoms with Crippen LogP contribution in [0.25, 0.3) is 0 Å². The molecular formula is C18H22N2. The van der Waals surface area contributed by atoms with Gasteiger partial charge in [-0.05, 0) is 42.8 Å². The molecule has 2 aliphatic rings. The first-order valence-electron chi connectivity index (χ1n) is 7.26. The van der Waals surface area contributed by atoms with Gasteiger partial charge in [0.25, 0.3) is 0 Å². The summed E-state index contributed by atoms with van der Waals surface area (Å²) in [6, 6.07) is 9.19. The molecule has 2 heteroatoms. The molecule has 0 saturated carbocycles. The SMILES string of the molecule is CC1C=C(CC2C=CN(C)c3ccccc32)C=CN1C. The van der Waals surface area contributed by atoms with E-state index in [9.17, 15) is 0 Å². The van der Waals surface area contributed by atoms with Gasteiger partial charge in [-0.25, -0.2) is 0 Å². The number of hydrogen-bond acceptors (Lipinski definition) is 2. The van der Waals surface area contributed by atoms with Crippen LogP contribution in [0.3, 0.4) is 0 Å². The Morgan fingerprint density at radius 2 is 1.90 bits per heavy atom. The minimum Gasteiger partial charge on any atom is -0.374 e. The molecule has 3 rings (SSSR count). The molecule has 20 heavy (non-hydrogen) atoms. The smallest absolute Gasteiger partial charge is 0.0442 e. The fraction of sp³-hybridized carbons (Fsp3) is 0.333. The number of likely N-dealkylation sites (N-methyl/N-ethyl adjacent to an activating group) is 1. The van der Waals surface area contributed by atoms with Gasteiger partial charge in [0.2, 0.25) is 0 Å². The van der Waals surface area contributed by atoms with E-state index in [0.717, 1.165) is 6.42 Å². The largest absolute Gasteiger partial charge is 0.374 e. The molecule has 0 amide bonds. The molecule has 2 atom stereocenters. The highest BCUT2D eigenvalue weighted by atomic mass is 15.1. The molecule has 0 aliphatic carbocycles. The number of nitrogens with zero attached hydrogens (tertiary/aromatic N) is 2. The number of hydrogen-bond donors (Lipinski definition) is 0. The zero-order chi connectivity index (χ0) is 14.1. The maximum Gasteiger partial charge on any atom is 0.0442 e. The number of para-hydroxylation sites is 1. The van der Waals surface area contributed by atoms with Gasteiger partial charge in [-0.1, -0.05) is 30.4 Å². The third-order valence-corrected chi connectivity index (χ3v) is 4.34. The first-order chi connectivity index (χ1) is 9.65. The molecule has 0 aromatic heterocycles. The van der Waals surface area contributed by atoms with Gasteiger partial charge in [-0.2, -0.15) is 0 Å². The van der Waals surface area contributed by atoms with Gasteiger partial charge in [-0.3, -0.25) is 0 Å². The Kier molecular flexibility index (Phi) is 3.39. The topological polar surface area (TPSA) is 6.48 Å². The minimum atomic E-state index is 0.480. The van der Waals surface area contributed by atoms with Crippen LogP contribution in [-0.4, -0.2) is 25.0 Å². The summed E-state index contributed by atoms with van der Waals surface area (Å²) >= 11 is 0. The Morgan fingerprint density at radius 1 is 1.10 bits per heavy atom. The second-order valence-electron chi connectivity index (χ2n) is 5.79. The maximum absolute atomic E-state index is 2.37. The summed E-state index contributed by atoms with van der Waals surface area (Å²) in [5.41, 5.74) is 4.19. The number of rotatable bonds is 2. The Labute approximate surface area is 121 Å². The van der Waals surface area contributed by atoms with E-state index in [1.807, 2.05) is 0 Å². The predicted octanol–water partition coefficient (Wildman–Crippen LogP) is 3.90. The van der Waals surface area contributed by atoms with Gasteiger partial charge in [0.1, 0.15) is 0 Å². The van der Waals surface area contributed by atoms with Crippen LogP contribution >= 0.6 is 0 Å². The summed E-state index contributed by atoms with van der Waals surface area (Å²) in [5.74, 6) is 0.480. The summed E-state index contributed by atoms with van der Waals surface area (Å²) in [4.78, 5) is 4.44. The molecule has 0 saturated heterocycles. The van der Waals surface area contributed by atoms with E-state index in [0.29, 0.717) is 12.0 Å². The van der Waals surface area contributed by atoms with E-state index >= 15 is 0 Å². The van der Waals surface area contributed by atoms with Crippen molar-refractivity contribution in [3.05, 3.63) is 66.0 Å². The van der Waals surface area contributed by atoms with Crippen molar-refractivity contribution in [2.75, 3.05) is 19.0 Å². The highest BCUT2D eigenvalue weighted by Gasteiger charge is 2.20. The third kappa shape index (κ3) is 2.38. The summed E-state index contributed by atoms with van der Waals surface area (Å²) in [7, 11) is 4.24. The Morgan fingerprint density at radius 3 is 2.70 bits per heavy atom. The molecule has 1 aromatic carbocycles. The lowest BCUT2D eigenvalue weighted by molar-refractivity contribution is 0.399. The van der Waals surface area contributed by atoms with Crippen LogP contribution in [0.2, 0.25) is 0 Å². The molecule has 0 fully saturated rings. The van der Waals surface area contributed by atoms with Gasteiger partial charge in [0.15, 0.2) is 0 Å². The van der Waals surface area contributed by atoms with Gasteiger partial charge in [0, 0.05) is 37.9 Å². The molecule has 2 heterocycles. The lowest BCUT2D eigenvalue weighted by atomic mass is 9.87. The summed E-state index contributed by atoms with van der Waals surface area (Å²) in [6.07, 6.45) is 12.4. The standard InChI is InChI=1S/C18H22N2/c1-14-12-15(8-10-19(14)2)13-16-9-11-20(3)18-7-5-4-6-17(16)18/h4-12,14,16H,13H2,1-3H3. The van der Waals surface area contributed by atoms with Crippen LogP contribution < -0.4 is 4.90 Å². The van der Waals surface area contributed by atoms with Crippen molar-refractivity contribution in [3.8, 4) is 0 Å². The van der Waals surface area contributed by atoms with E-state index in [4.69, 9.17) is 0 Å². The molecule has 0 radical (unpaired) electrons. The lowest BCUT2D eigenvalue weighted by Crippen LogP contribution is -2.24. The van der Waals surface area contributed by atoms with Gasteiger partial charge in [-0.15, -0.1) is 0 Å². The monoisotopic (exact) mass is 266 g/mol. The van der Waals surface area contributed by atoms with Crippen molar-refractivity contribution < 1.29 is 0 Å². The molecule has 0 spiro atoms. The third-order valence-electron chi connectivity index (χ3n) is 4.34. The second kappa shape index (κ2) is 5.20. The molecule has 0 N–H and O–H groups in total. The summed E-state index contributed by atoms with van der Waals surface area (Å²) in [6.45, 7) is 2.24. The molecule has 2 aliphatic heterocycles. The number of benzene rings is 1. The molecule has 0 bridgehead atoms. The van der Waals surface area contributed by atoms with Gasteiger partial charge in [0.05, 0.1) is 0 Å². The van der Waals surface area contributed by atoms with E-state index in [2.05, 4.69) is 85.7 Å². The first-order valence-corrected chi connectivity index (χ1v) is 7.26. The van der Waals surface area contributed by atoms with Crippen LogP contribution in [-0.2, 0) is 0 Å². The molecule has 2 nitrogen and oxygen atoms in total. The predicted molar refractivity (Wildman–Crippen MR) is 85.8 cm³/mol. The fourth-order valence-electron chi connectivity index (χ4n) is 2.94. The first kappa shape index (κ1) is 13.0. The maximum atomic E-state index is 2.37. The van der Waals surface area contributed by atoms with Crippen molar-refractivity contribution in [1.29, 1.82) is 0 Å². The summed E-state index contributed by atoms with van der Waals surface area (Å²) < 4.78 is 0. The van der Waals surface area contributed by atoms with E-state index in [-0.39, 0.29) is 0 Å². The van der Waals surface area contributed by atoms with Crippen molar-refractivity contribution in [1.82, 2.24) is 4.90 Å². The Bertz CT molecular complexity index is 583. The average molecular weight is 266 g/mol. The zero-order valence-electron chi connectivity index (χ0n) is 12.5. The van der Waals surface area contributed by atoms with Crippen LogP contribution in [0.4, 0.5) is 5.69 Å². The van der Waals surface area contributed by atoms with Crippen LogP contribution in [0, 0.1) is 0 Å². The summed E-state index contributed by atoms with van der Waals surface area (Å²) in [5, 5.41) is 0. The van der Waals surface area contributed by atoms with E-state index < -0.39 is 0 Å². The van der Waals surface area contributed by atoms with Crippen molar-refractivity contribution in [2.24, 2.45) is 0 Å². The van der Waals surface area contributed by atoms with Gasteiger partial charge >= 0.3 is 0 Å². The van der Waals surface area contributed by atoms with E-state index in [1.165, 1.54) is 16.8 Å². The van der Waals surface area contributed by atoms with Crippen molar-refractivity contribution in [2.45, 2.75) is 25.3 Å². The highest BCUT2D eigenvalue weighted by Crippen LogP contribution is 2.36. The molecular weight excluding hydrogens is 244 g/mol. The lowest BCUT2D eigenvalue weighted by Gasteiger charge is -2.30. The highest BCUT2D eigenvalue weighted by molar-refractivity contribution is 5.60. The number of allylic oxidation sites excluding steroid dienone is 3. The van der Waals surface area contributed by atoms with E-state index in [1.54, 1.807) is 0 Å². The number of fused-ring (bicyclic) bond motifs is 1. The quantitative estimate of drug-likeness (QED) is 0.801. The number of anilines is 1. The van der Waals surface area contributed by atoms with Gasteiger partial charge < -0.3 is 9.80 Å². The van der Waals surface area contributed by atoms with Crippen LogP contribution in [0.15, 0.2) is 60.5 Å². The van der Waals surface area contributed by atoms with Crippen molar-refractivity contribution >= 4 is 5.69 Å². The van der Waals surface area contributed by atoms with Crippen LogP contribution in [0.1, 0.15) is 24.8 Å². The Hall–Kier alpha value is -1.96. The fourth-order valence-corrected chi connectivity index (χ4v) is 2.94. The molecule has 104 valence electrons. The zero-order valence-corrected chi connectivity index (χ0v) is 12.5. The van der Waals surface area contributed by atoms with Crippen LogP contribution in [0.5, 0.6) is 0 Å². The Balaban J connectivity index is 1.84. The molecule has 2 unspecified atom stereocenters. The minimum absolute atomic E-state index is 0.480. The second-order valence-corrected chi connectivity index (χ2v) is 5.79. The molecule has 1 aromatic rings. The normalized spacial score (nSPS) is 24.6. The average Bonchev–Trinajstić information content (AvgIpc) is 2.46. The van der Waals surface area contributed by atoms with Crippen molar-refractivity contribution in [3.63, 3.8) is 0 Å².